The Morgan fingerprint density at radius 3 is 2.36 bits per heavy atom. The highest BCUT2D eigenvalue weighted by Crippen LogP contribution is 2.21. The van der Waals surface area contributed by atoms with Crippen LogP contribution in [0.3, 0.4) is 0 Å². The predicted molar refractivity (Wildman–Crippen MR) is 103 cm³/mol. The van der Waals surface area contributed by atoms with Crippen molar-refractivity contribution in [2.75, 3.05) is 24.5 Å². The number of benzene rings is 2. The van der Waals surface area contributed by atoms with E-state index < -0.39 is 0 Å². The molecule has 0 radical (unpaired) electrons. The lowest BCUT2D eigenvalue weighted by atomic mass is 10.1. The molecule has 3 amide bonds. The molecule has 0 saturated carbocycles. The molecule has 1 heterocycles. The Labute approximate surface area is 162 Å². The highest BCUT2D eigenvalue weighted by Gasteiger charge is 2.21. The van der Waals surface area contributed by atoms with E-state index in [0.717, 1.165) is 17.7 Å². The summed E-state index contributed by atoms with van der Waals surface area (Å²) in [5.74, 6) is -0.854. The van der Waals surface area contributed by atoms with Crippen LogP contribution < -0.4 is 15.5 Å². The number of rotatable bonds is 7. The van der Waals surface area contributed by atoms with Crippen molar-refractivity contribution in [3.63, 3.8) is 0 Å². The van der Waals surface area contributed by atoms with Crippen LogP contribution in [0, 0.1) is 5.82 Å². The SMILES string of the molecule is O=C(CNC(=O)c1ccc(N2CCCC2=O)cc1)NCCc1ccc(F)cc1. The second-order valence-electron chi connectivity index (χ2n) is 6.60. The maximum absolute atomic E-state index is 12.8. The molecule has 28 heavy (non-hydrogen) atoms. The molecule has 0 aliphatic carbocycles. The monoisotopic (exact) mass is 383 g/mol. The first kappa shape index (κ1) is 19.5. The Morgan fingerprint density at radius 1 is 1.00 bits per heavy atom. The molecule has 2 N–H and O–H groups in total. The first-order chi connectivity index (χ1) is 13.5. The molecule has 0 aromatic heterocycles. The number of nitrogens with one attached hydrogen (secondary N) is 2. The summed E-state index contributed by atoms with van der Waals surface area (Å²) >= 11 is 0. The zero-order valence-corrected chi connectivity index (χ0v) is 15.4. The van der Waals surface area contributed by atoms with Gasteiger partial charge in [-0.05, 0) is 54.8 Å². The second kappa shape index (κ2) is 9.12. The Kier molecular flexibility index (Phi) is 6.37. The molecule has 146 valence electrons. The molecule has 1 saturated heterocycles. The largest absolute Gasteiger partial charge is 0.354 e. The van der Waals surface area contributed by atoms with Gasteiger partial charge in [0.1, 0.15) is 5.82 Å². The Bertz CT molecular complexity index is 850. The minimum Gasteiger partial charge on any atom is -0.354 e. The molecule has 0 bridgehead atoms. The Balaban J connectivity index is 1.41. The molecule has 0 spiro atoms. The normalized spacial score (nSPS) is 13.5. The third kappa shape index (κ3) is 5.16. The number of halogens is 1. The van der Waals surface area contributed by atoms with Crippen LogP contribution in [0.1, 0.15) is 28.8 Å². The summed E-state index contributed by atoms with van der Waals surface area (Å²) in [4.78, 5) is 37.5. The van der Waals surface area contributed by atoms with Crippen LogP contribution >= 0.6 is 0 Å². The van der Waals surface area contributed by atoms with Crippen LogP contribution in [0.5, 0.6) is 0 Å². The van der Waals surface area contributed by atoms with Gasteiger partial charge in [-0.25, -0.2) is 4.39 Å². The van der Waals surface area contributed by atoms with Crippen molar-refractivity contribution in [1.29, 1.82) is 0 Å². The average Bonchev–Trinajstić information content (AvgIpc) is 3.13. The van der Waals surface area contributed by atoms with E-state index in [1.807, 2.05) is 0 Å². The number of carbonyl (C=O) groups excluding carboxylic acids is 3. The lowest BCUT2D eigenvalue weighted by molar-refractivity contribution is -0.120. The van der Waals surface area contributed by atoms with Gasteiger partial charge in [-0.3, -0.25) is 14.4 Å². The smallest absolute Gasteiger partial charge is 0.251 e. The summed E-state index contributed by atoms with van der Waals surface area (Å²) in [6.45, 7) is 0.968. The maximum Gasteiger partial charge on any atom is 0.251 e. The van der Waals surface area contributed by atoms with Gasteiger partial charge in [0.15, 0.2) is 0 Å². The van der Waals surface area contributed by atoms with E-state index >= 15 is 0 Å². The van der Waals surface area contributed by atoms with Crippen LogP contribution in [0.4, 0.5) is 10.1 Å². The van der Waals surface area contributed by atoms with Crippen molar-refractivity contribution in [3.8, 4) is 0 Å². The van der Waals surface area contributed by atoms with Crippen molar-refractivity contribution in [2.45, 2.75) is 19.3 Å². The number of hydrogen-bond donors (Lipinski definition) is 2. The van der Waals surface area contributed by atoms with Gasteiger partial charge in [-0.1, -0.05) is 12.1 Å². The topological polar surface area (TPSA) is 78.5 Å². The van der Waals surface area contributed by atoms with Gasteiger partial charge in [0, 0.05) is 30.8 Å². The fraction of sp³-hybridized carbons (Fsp3) is 0.286. The molecule has 1 fully saturated rings. The summed E-state index contributed by atoms with van der Waals surface area (Å²) < 4.78 is 12.8. The number of anilines is 1. The molecule has 6 nitrogen and oxygen atoms in total. The zero-order valence-electron chi connectivity index (χ0n) is 15.4. The van der Waals surface area contributed by atoms with E-state index in [1.165, 1.54) is 12.1 Å². The van der Waals surface area contributed by atoms with Crippen molar-refractivity contribution >= 4 is 23.4 Å². The van der Waals surface area contributed by atoms with Crippen LogP contribution in [0.15, 0.2) is 48.5 Å². The molecule has 1 aliphatic heterocycles. The quantitative estimate of drug-likeness (QED) is 0.768. The van der Waals surface area contributed by atoms with Crippen molar-refractivity contribution < 1.29 is 18.8 Å². The summed E-state index contributed by atoms with van der Waals surface area (Å²) in [7, 11) is 0. The van der Waals surface area contributed by atoms with Gasteiger partial charge < -0.3 is 15.5 Å². The standard InChI is InChI=1S/C21H22FN3O3/c22-17-7-3-15(4-8-17)11-12-23-19(26)14-24-21(28)16-5-9-18(10-6-16)25-13-1-2-20(25)27/h3-10H,1-2,11-14H2,(H,23,26)(H,24,28). The fourth-order valence-electron chi connectivity index (χ4n) is 3.04. The lowest BCUT2D eigenvalue weighted by Gasteiger charge is -2.15. The van der Waals surface area contributed by atoms with Gasteiger partial charge in [0.25, 0.3) is 5.91 Å². The van der Waals surface area contributed by atoms with Crippen LogP contribution in [0.2, 0.25) is 0 Å². The summed E-state index contributed by atoms with van der Waals surface area (Å²) in [5.41, 5.74) is 2.12. The van der Waals surface area contributed by atoms with Crippen molar-refractivity contribution in [1.82, 2.24) is 10.6 Å². The highest BCUT2D eigenvalue weighted by atomic mass is 19.1. The van der Waals surface area contributed by atoms with Crippen molar-refractivity contribution in [3.05, 3.63) is 65.5 Å². The lowest BCUT2D eigenvalue weighted by Crippen LogP contribution is -2.37. The van der Waals surface area contributed by atoms with Gasteiger partial charge in [0.2, 0.25) is 11.8 Å². The van der Waals surface area contributed by atoms with E-state index in [9.17, 15) is 18.8 Å². The molecule has 0 atom stereocenters. The van der Waals surface area contributed by atoms with E-state index in [1.54, 1.807) is 41.3 Å². The zero-order chi connectivity index (χ0) is 19.9. The number of hydrogen-bond acceptors (Lipinski definition) is 3. The van der Waals surface area contributed by atoms with Gasteiger partial charge in [0.05, 0.1) is 6.54 Å². The minimum atomic E-state index is -0.354. The van der Waals surface area contributed by atoms with Crippen LogP contribution in [-0.4, -0.2) is 37.4 Å². The summed E-state index contributed by atoms with van der Waals surface area (Å²) in [5, 5.41) is 5.28. The molecular formula is C21H22FN3O3. The first-order valence-corrected chi connectivity index (χ1v) is 9.23. The van der Waals surface area contributed by atoms with E-state index in [2.05, 4.69) is 10.6 Å². The number of amides is 3. The minimum absolute atomic E-state index is 0.0921. The molecule has 2 aromatic rings. The second-order valence-corrected chi connectivity index (χ2v) is 6.60. The average molecular weight is 383 g/mol. The number of carbonyl (C=O) groups is 3. The van der Waals surface area contributed by atoms with Crippen LogP contribution in [0.25, 0.3) is 0 Å². The molecule has 0 unspecified atom stereocenters. The fourth-order valence-corrected chi connectivity index (χ4v) is 3.04. The first-order valence-electron chi connectivity index (χ1n) is 9.23. The van der Waals surface area contributed by atoms with E-state index in [4.69, 9.17) is 0 Å². The Hall–Kier alpha value is -3.22. The predicted octanol–water partition coefficient (Wildman–Crippen LogP) is 2.04. The molecule has 2 aromatic carbocycles. The molecule has 3 rings (SSSR count). The third-order valence-electron chi connectivity index (χ3n) is 4.57. The molecular weight excluding hydrogens is 361 g/mol. The molecule has 1 aliphatic rings. The third-order valence-corrected chi connectivity index (χ3v) is 4.57. The van der Waals surface area contributed by atoms with Crippen LogP contribution in [-0.2, 0) is 16.0 Å². The van der Waals surface area contributed by atoms with Crippen molar-refractivity contribution in [2.24, 2.45) is 0 Å². The van der Waals surface area contributed by atoms with Gasteiger partial charge >= 0.3 is 0 Å². The van der Waals surface area contributed by atoms with E-state index in [-0.39, 0.29) is 30.1 Å². The van der Waals surface area contributed by atoms with E-state index in [0.29, 0.717) is 31.5 Å². The summed E-state index contributed by atoms with van der Waals surface area (Å²) in [6, 6.07) is 12.9. The number of nitrogens with zero attached hydrogens (tertiary/aromatic N) is 1. The summed E-state index contributed by atoms with van der Waals surface area (Å²) in [6.07, 6.45) is 1.98. The Morgan fingerprint density at radius 2 is 1.71 bits per heavy atom. The van der Waals surface area contributed by atoms with Gasteiger partial charge in [-0.15, -0.1) is 0 Å². The highest BCUT2D eigenvalue weighted by molar-refractivity contribution is 5.98. The van der Waals surface area contributed by atoms with Gasteiger partial charge in [-0.2, -0.15) is 0 Å². The maximum atomic E-state index is 12.8. The molecule has 7 heteroatoms.